The fraction of sp³-hybridized carbons (Fsp3) is 0.375. The molecule has 0 radical (unpaired) electrons. The van der Waals surface area contributed by atoms with Gasteiger partial charge in [0, 0.05) is 32.7 Å². The van der Waals surface area contributed by atoms with E-state index in [0.29, 0.717) is 0 Å². The summed E-state index contributed by atoms with van der Waals surface area (Å²) >= 11 is 0. The molecule has 1 fully saturated rings. The number of carbonyl (C=O) groups is 1. The first kappa shape index (κ1) is 20.2. The molecule has 0 N–H and O–H groups in total. The highest BCUT2D eigenvalue weighted by atomic mass is 16.5. The summed E-state index contributed by atoms with van der Waals surface area (Å²) in [5.41, 5.74) is 3.48. The lowest BCUT2D eigenvalue weighted by Crippen LogP contribution is -2.51. The number of hydrogen-bond donors (Lipinski definition) is 0. The predicted octanol–water partition coefficient (Wildman–Crippen LogP) is 3.93. The van der Waals surface area contributed by atoms with Crippen molar-refractivity contribution < 1.29 is 9.53 Å². The highest BCUT2D eigenvalue weighted by molar-refractivity contribution is 5.81. The van der Waals surface area contributed by atoms with Gasteiger partial charge in [0.15, 0.2) is 6.10 Å². The number of carbonyl (C=O) groups excluding carboxylic acids is 1. The van der Waals surface area contributed by atoms with Crippen molar-refractivity contribution in [3.05, 3.63) is 71.3 Å². The maximum absolute atomic E-state index is 12.8. The van der Waals surface area contributed by atoms with Gasteiger partial charge < -0.3 is 9.64 Å². The lowest BCUT2D eigenvalue weighted by Gasteiger charge is -2.35. The molecule has 28 heavy (non-hydrogen) atoms. The van der Waals surface area contributed by atoms with Crippen molar-refractivity contribution in [1.29, 1.82) is 0 Å². The monoisotopic (exact) mass is 378 g/mol. The average Bonchev–Trinajstić information content (AvgIpc) is 2.71. The Balaban J connectivity index is 1.46. The molecule has 4 nitrogen and oxygen atoms in total. The number of ether oxygens (including phenoxy) is 1. The van der Waals surface area contributed by atoms with Crippen LogP contribution >= 0.6 is 0 Å². The van der Waals surface area contributed by atoms with Crippen LogP contribution in [0.2, 0.25) is 0 Å². The number of piperazine rings is 1. The first-order valence-electron chi connectivity index (χ1n) is 9.99. The van der Waals surface area contributed by atoms with Crippen LogP contribution in [0.1, 0.15) is 23.6 Å². The van der Waals surface area contributed by atoms with Crippen molar-refractivity contribution in [3.8, 4) is 5.75 Å². The van der Waals surface area contributed by atoms with Crippen molar-refractivity contribution in [2.75, 3.05) is 32.7 Å². The zero-order chi connectivity index (χ0) is 19.9. The lowest BCUT2D eigenvalue weighted by molar-refractivity contribution is -0.139. The van der Waals surface area contributed by atoms with Gasteiger partial charge in [0.1, 0.15) is 5.75 Å². The van der Waals surface area contributed by atoms with Gasteiger partial charge in [-0.15, -0.1) is 0 Å². The molecule has 0 aromatic heterocycles. The maximum Gasteiger partial charge on any atom is 0.263 e. The Morgan fingerprint density at radius 2 is 1.79 bits per heavy atom. The predicted molar refractivity (Wildman–Crippen MR) is 115 cm³/mol. The highest BCUT2D eigenvalue weighted by Crippen LogP contribution is 2.20. The average molecular weight is 379 g/mol. The number of amides is 1. The number of aryl methyl sites for hydroxylation is 2. The smallest absolute Gasteiger partial charge is 0.263 e. The summed E-state index contributed by atoms with van der Waals surface area (Å²) in [6.07, 6.45) is 3.88. The molecule has 3 rings (SSSR count). The normalized spacial score (nSPS) is 16.3. The standard InChI is InChI=1S/C24H30N2O2/c1-19-11-12-23(20(2)18-19)28-21(3)24(27)26-16-14-25(15-17-26)13-7-10-22-8-5-4-6-9-22/h4-12,18,21H,13-17H2,1-3H3/b10-7+/t21-/m0/s1. The fourth-order valence-electron chi connectivity index (χ4n) is 3.48. The van der Waals surface area contributed by atoms with Crippen LogP contribution in [0, 0.1) is 13.8 Å². The molecule has 1 amide bonds. The second-order valence-electron chi connectivity index (χ2n) is 7.47. The van der Waals surface area contributed by atoms with E-state index in [1.165, 1.54) is 11.1 Å². The molecule has 148 valence electrons. The van der Waals surface area contributed by atoms with E-state index >= 15 is 0 Å². The molecule has 0 saturated carbocycles. The molecule has 1 heterocycles. The minimum Gasteiger partial charge on any atom is -0.481 e. The Morgan fingerprint density at radius 1 is 1.07 bits per heavy atom. The number of hydrogen-bond acceptors (Lipinski definition) is 3. The van der Waals surface area contributed by atoms with E-state index in [0.717, 1.165) is 44.0 Å². The molecular formula is C24H30N2O2. The van der Waals surface area contributed by atoms with Gasteiger partial charge in [-0.05, 0) is 38.0 Å². The molecule has 0 unspecified atom stereocenters. The molecule has 0 aliphatic carbocycles. The van der Waals surface area contributed by atoms with Crippen molar-refractivity contribution in [2.24, 2.45) is 0 Å². The summed E-state index contributed by atoms with van der Waals surface area (Å²) in [6, 6.07) is 16.4. The molecule has 0 spiro atoms. The summed E-state index contributed by atoms with van der Waals surface area (Å²) < 4.78 is 5.94. The zero-order valence-electron chi connectivity index (χ0n) is 17.1. The van der Waals surface area contributed by atoms with Crippen LogP contribution in [0.15, 0.2) is 54.6 Å². The third-order valence-corrected chi connectivity index (χ3v) is 5.14. The van der Waals surface area contributed by atoms with Gasteiger partial charge in [-0.3, -0.25) is 9.69 Å². The van der Waals surface area contributed by atoms with E-state index in [9.17, 15) is 4.79 Å². The zero-order valence-corrected chi connectivity index (χ0v) is 17.1. The van der Waals surface area contributed by atoms with E-state index < -0.39 is 6.10 Å². The van der Waals surface area contributed by atoms with Crippen molar-refractivity contribution in [3.63, 3.8) is 0 Å². The number of benzene rings is 2. The fourth-order valence-corrected chi connectivity index (χ4v) is 3.48. The van der Waals surface area contributed by atoms with E-state index in [4.69, 9.17) is 4.74 Å². The third-order valence-electron chi connectivity index (χ3n) is 5.14. The summed E-state index contributed by atoms with van der Waals surface area (Å²) in [7, 11) is 0. The highest BCUT2D eigenvalue weighted by Gasteiger charge is 2.25. The lowest BCUT2D eigenvalue weighted by atomic mass is 10.1. The van der Waals surface area contributed by atoms with E-state index in [-0.39, 0.29) is 5.91 Å². The molecule has 1 saturated heterocycles. The summed E-state index contributed by atoms with van der Waals surface area (Å²) in [4.78, 5) is 17.1. The topological polar surface area (TPSA) is 32.8 Å². The Hall–Kier alpha value is -2.59. The minimum atomic E-state index is -0.467. The van der Waals surface area contributed by atoms with Gasteiger partial charge in [-0.2, -0.15) is 0 Å². The molecule has 1 aliphatic heterocycles. The Bertz CT molecular complexity index is 809. The molecule has 1 aliphatic rings. The van der Waals surface area contributed by atoms with Crippen LogP contribution in [0.4, 0.5) is 0 Å². The number of nitrogens with zero attached hydrogens (tertiary/aromatic N) is 2. The van der Waals surface area contributed by atoms with Gasteiger partial charge in [0.05, 0.1) is 0 Å². The van der Waals surface area contributed by atoms with E-state index in [1.807, 2.05) is 49.1 Å². The molecule has 0 bridgehead atoms. The van der Waals surface area contributed by atoms with Crippen LogP contribution in [-0.2, 0) is 4.79 Å². The van der Waals surface area contributed by atoms with Crippen molar-refractivity contribution >= 4 is 12.0 Å². The largest absolute Gasteiger partial charge is 0.481 e. The maximum atomic E-state index is 12.8. The SMILES string of the molecule is Cc1ccc(O[C@@H](C)C(=O)N2CCN(C/C=C/c3ccccc3)CC2)c(C)c1. The van der Waals surface area contributed by atoms with Crippen LogP contribution in [0.25, 0.3) is 6.08 Å². The summed E-state index contributed by atoms with van der Waals surface area (Å²) in [5, 5.41) is 0. The Kier molecular flexibility index (Phi) is 6.88. The quantitative estimate of drug-likeness (QED) is 0.764. The van der Waals surface area contributed by atoms with Gasteiger partial charge in [-0.25, -0.2) is 0 Å². The molecule has 2 aromatic rings. The van der Waals surface area contributed by atoms with Crippen LogP contribution < -0.4 is 4.74 Å². The van der Waals surface area contributed by atoms with Crippen LogP contribution in [0.5, 0.6) is 5.75 Å². The van der Waals surface area contributed by atoms with Gasteiger partial charge in [-0.1, -0.05) is 60.2 Å². The first-order valence-corrected chi connectivity index (χ1v) is 9.99. The van der Waals surface area contributed by atoms with Crippen molar-refractivity contribution in [2.45, 2.75) is 26.9 Å². The minimum absolute atomic E-state index is 0.0689. The molecule has 4 heteroatoms. The summed E-state index contributed by atoms with van der Waals surface area (Å²) in [6.45, 7) is 10.1. The Morgan fingerprint density at radius 3 is 2.46 bits per heavy atom. The van der Waals surface area contributed by atoms with Crippen LogP contribution in [-0.4, -0.2) is 54.5 Å². The van der Waals surface area contributed by atoms with Crippen LogP contribution in [0.3, 0.4) is 0 Å². The van der Waals surface area contributed by atoms with E-state index in [1.54, 1.807) is 0 Å². The molecule has 1 atom stereocenters. The third kappa shape index (κ3) is 5.46. The van der Waals surface area contributed by atoms with Gasteiger partial charge in [0.25, 0.3) is 5.91 Å². The molecule has 2 aromatic carbocycles. The first-order chi connectivity index (χ1) is 13.5. The van der Waals surface area contributed by atoms with E-state index in [2.05, 4.69) is 42.2 Å². The Labute approximate surface area is 168 Å². The second-order valence-corrected chi connectivity index (χ2v) is 7.47. The second kappa shape index (κ2) is 9.56. The van der Waals surface area contributed by atoms with Gasteiger partial charge >= 0.3 is 0 Å². The van der Waals surface area contributed by atoms with Crippen molar-refractivity contribution in [1.82, 2.24) is 9.80 Å². The summed E-state index contributed by atoms with van der Waals surface area (Å²) in [5.74, 6) is 0.857. The number of rotatable bonds is 6. The van der Waals surface area contributed by atoms with Gasteiger partial charge in [0.2, 0.25) is 0 Å². The molecular weight excluding hydrogens is 348 g/mol.